The first kappa shape index (κ1) is 18.4. The van der Waals surface area contributed by atoms with Gasteiger partial charge in [0.2, 0.25) is 0 Å². The van der Waals surface area contributed by atoms with E-state index in [0.717, 1.165) is 22.5 Å². The maximum atomic E-state index is 12.3. The number of fused-ring (bicyclic) bond motifs is 1. The molecule has 0 fully saturated rings. The minimum Gasteiger partial charge on any atom is -0.350 e. The van der Waals surface area contributed by atoms with E-state index in [9.17, 15) is 4.79 Å². The molecule has 0 bridgehead atoms. The van der Waals surface area contributed by atoms with Gasteiger partial charge in [0.15, 0.2) is 5.82 Å². The van der Waals surface area contributed by atoms with Gasteiger partial charge < -0.3 is 14.4 Å². The average molecular weight is 395 g/mol. The van der Waals surface area contributed by atoms with Gasteiger partial charge in [0.25, 0.3) is 11.8 Å². The maximum absolute atomic E-state index is 12.3. The van der Waals surface area contributed by atoms with Gasteiger partial charge in [0.1, 0.15) is 5.69 Å². The Hall–Kier alpha value is -2.93. The van der Waals surface area contributed by atoms with Crippen LogP contribution in [0.1, 0.15) is 33.5 Å². The summed E-state index contributed by atoms with van der Waals surface area (Å²) in [6, 6.07) is 10.1. The van der Waals surface area contributed by atoms with Crippen molar-refractivity contribution in [3.05, 3.63) is 57.5 Å². The Labute approximate surface area is 167 Å². The topological polar surface area (TPSA) is 75.0 Å². The molecular formula is C21H22N4O2S. The molecule has 0 spiro atoms. The van der Waals surface area contributed by atoms with Crippen molar-refractivity contribution in [2.75, 3.05) is 13.6 Å². The molecule has 1 aromatic carbocycles. The number of carbonyl (C=O) groups excluding carboxylic acids is 1. The maximum Gasteiger partial charge on any atom is 0.274 e. The molecule has 3 heterocycles. The van der Waals surface area contributed by atoms with Crippen LogP contribution in [0.25, 0.3) is 22.5 Å². The van der Waals surface area contributed by atoms with Gasteiger partial charge >= 0.3 is 0 Å². The molecule has 0 atom stereocenters. The molecule has 4 aromatic rings. The molecule has 6 nitrogen and oxygen atoms in total. The second kappa shape index (κ2) is 7.59. The van der Waals surface area contributed by atoms with Crippen LogP contribution in [0.15, 0.2) is 40.2 Å². The molecule has 0 saturated heterocycles. The largest absolute Gasteiger partial charge is 0.350 e. The highest BCUT2D eigenvalue weighted by Gasteiger charge is 2.19. The van der Waals surface area contributed by atoms with Crippen LogP contribution in [0, 0.1) is 6.92 Å². The van der Waals surface area contributed by atoms with Crippen molar-refractivity contribution in [1.82, 2.24) is 20.0 Å². The minimum absolute atomic E-state index is 0.0120. The lowest BCUT2D eigenvalue weighted by Gasteiger charge is -2.14. The van der Waals surface area contributed by atoms with Crippen molar-refractivity contribution in [3.8, 4) is 11.6 Å². The summed E-state index contributed by atoms with van der Waals surface area (Å²) < 4.78 is 5.52. The number of likely N-dealkylation sites (N-methyl/N-ethyl adjacent to an activating group) is 1. The van der Waals surface area contributed by atoms with Crippen LogP contribution in [-0.4, -0.2) is 39.5 Å². The summed E-state index contributed by atoms with van der Waals surface area (Å²) >= 11 is 1.44. The lowest BCUT2D eigenvalue weighted by molar-refractivity contribution is 0.0800. The summed E-state index contributed by atoms with van der Waals surface area (Å²) in [5, 5.41) is 7.20. The Kier molecular flexibility index (Phi) is 5.00. The van der Waals surface area contributed by atoms with Crippen molar-refractivity contribution in [1.29, 1.82) is 0 Å². The van der Waals surface area contributed by atoms with Crippen molar-refractivity contribution in [2.45, 2.75) is 26.7 Å². The molecule has 4 rings (SSSR count). The Bertz CT molecular complexity index is 1110. The third-order valence-corrected chi connectivity index (χ3v) is 5.70. The zero-order valence-corrected chi connectivity index (χ0v) is 17.0. The summed E-state index contributed by atoms with van der Waals surface area (Å²) in [5.41, 5.74) is 4.35. The molecule has 0 aliphatic heterocycles. The van der Waals surface area contributed by atoms with Crippen LogP contribution in [0.3, 0.4) is 0 Å². The smallest absolute Gasteiger partial charge is 0.274 e. The average Bonchev–Trinajstić information content (AvgIpc) is 3.44. The van der Waals surface area contributed by atoms with E-state index in [1.165, 1.54) is 27.8 Å². The molecule has 3 aromatic heterocycles. The highest BCUT2D eigenvalue weighted by molar-refractivity contribution is 7.12. The van der Waals surface area contributed by atoms with Gasteiger partial charge in [-0.15, -0.1) is 11.3 Å². The summed E-state index contributed by atoms with van der Waals surface area (Å²) in [5.74, 6) is 1.10. The highest BCUT2D eigenvalue weighted by atomic mass is 32.1. The number of benzene rings is 1. The van der Waals surface area contributed by atoms with Gasteiger partial charge in [-0.25, -0.2) is 0 Å². The van der Waals surface area contributed by atoms with Crippen LogP contribution >= 0.6 is 11.3 Å². The first-order chi connectivity index (χ1) is 13.6. The van der Waals surface area contributed by atoms with E-state index in [4.69, 9.17) is 4.52 Å². The minimum atomic E-state index is 0.0120. The van der Waals surface area contributed by atoms with Crippen molar-refractivity contribution in [3.63, 3.8) is 0 Å². The molecule has 144 valence electrons. The van der Waals surface area contributed by atoms with Crippen LogP contribution < -0.4 is 0 Å². The van der Waals surface area contributed by atoms with Gasteiger partial charge in [-0.1, -0.05) is 29.8 Å². The number of hydrogen-bond donors (Lipinski definition) is 1. The third kappa shape index (κ3) is 3.45. The normalized spacial score (nSPS) is 11.2. The van der Waals surface area contributed by atoms with E-state index < -0.39 is 0 Å². The van der Waals surface area contributed by atoms with Gasteiger partial charge in [0, 0.05) is 30.9 Å². The molecule has 7 heteroatoms. The van der Waals surface area contributed by atoms with Crippen molar-refractivity contribution in [2.24, 2.45) is 0 Å². The molecule has 0 radical (unpaired) electrons. The predicted octanol–water partition coefficient (Wildman–Crippen LogP) is 4.46. The fourth-order valence-electron chi connectivity index (χ4n) is 3.33. The third-order valence-electron chi connectivity index (χ3n) is 4.85. The number of nitrogens with zero attached hydrogens (tertiary/aromatic N) is 3. The van der Waals surface area contributed by atoms with E-state index in [2.05, 4.69) is 47.2 Å². The van der Waals surface area contributed by atoms with Gasteiger partial charge in [0.05, 0.1) is 4.88 Å². The second-order valence-corrected chi connectivity index (χ2v) is 7.80. The van der Waals surface area contributed by atoms with Crippen LogP contribution in [-0.2, 0) is 12.8 Å². The number of nitrogens with one attached hydrogen (secondary N) is 1. The molecule has 1 amide bonds. The zero-order valence-electron chi connectivity index (χ0n) is 16.2. The monoisotopic (exact) mass is 394 g/mol. The van der Waals surface area contributed by atoms with E-state index in [-0.39, 0.29) is 5.91 Å². The summed E-state index contributed by atoms with van der Waals surface area (Å²) in [4.78, 5) is 22.7. The highest BCUT2D eigenvalue weighted by Crippen LogP contribution is 2.30. The van der Waals surface area contributed by atoms with Gasteiger partial charge in [-0.3, -0.25) is 4.79 Å². The summed E-state index contributed by atoms with van der Waals surface area (Å²) in [7, 11) is 1.79. The predicted molar refractivity (Wildman–Crippen MR) is 111 cm³/mol. The lowest BCUT2D eigenvalue weighted by Crippen LogP contribution is -2.28. The molecular weight excluding hydrogens is 372 g/mol. The SMILES string of the molecule is CCc1c(-c2nc(CCN(C)C(=O)c3cccs3)no2)[nH]c2ccc(C)cc12. The fraction of sp³-hybridized carbons (Fsp3) is 0.286. The molecule has 1 N–H and O–H groups in total. The second-order valence-electron chi connectivity index (χ2n) is 6.85. The first-order valence-corrected chi connectivity index (χ1v) is 10.2. The number of carbonyl (C=O) groups is 1. The van der Waals surface area contributed by atoms with E-state index in [1.807, 2.05) is 17.5 Å². The standard InChI is InChI=1S/C21H22N4O2S/c1-4-14-15-12-13(2)7-8-16(15)22-19(14)20-23-18(24-27-20)9-10-25(3)21(26)17-6-5-11-28-17/h5-8,11-12,22H,4,9-10H2,1-3H3. The summed E-state index contributed by atoms with van der Waals surface area (Å²) in [6.45, 7) is 4.74. The van der Waals surface area contributed by atoms with Crippen LogP contribution in [0.2, 0.25) is 0 Å². The number of amides is 1. The van der Waals surface area contributed by atoms with E-state index >= 15 is 0 Å². The number of aromatic amines is 1. The number of thiophene rings is 1. The molecule has 28 heavy (non-hydrogen) atoms. The van der Waals surface area contributed by atoms with Crippen LogP contribution in [0.4, 0.5) is 0 Å². The lowest BCUT2D eigenvalue weighted by atomic mass is 10.1. The van der Waals surface area contributed by atoms with Gasteiger partial charge in [-0.2, -0.15) is 4.98 Å². The van der Waals surface area contributed by atoms with E-state index in [1.54, 1.807) is 11.9 Å². The first-order valence-electron chi connectivity index (χ1n) is 9.30. The molecule has 0 aliphatic carbocycles. The Morgan fingerprint density at radius 2 is 2.18 bits per heavy atom. The zero-order chi connectivity index (χ0) is 19.7. The Balaban J connectivity index is 1.52. The number of hydrogen-bond acceptors (Lipinski definition) is 5. The Morgan fingerprint density at radius 1 is 1.32 bits per heavy atom. The Morgan fingerprint density at radius 3 is 2.93 bits per heavy atom. The molecule has 0 unspecified atom stereocenters. The quantitative estimate of drug-likeness (QED) is 0.524. The number of H-pyrrole nitrogens is 1. The molecule has 0 saturated carbocycles. The van der Waals surface area contributed by atoms with Crippen LogP contribution in [0.5, 0.6) is 0 Å². The number of aromatic nitrogens is 3. The van der Waals surface area contributed by atoms with E-state index in [0.29, 0.717) is 24.7 Å². The van der Waals surface area contributed by atoms with Crippen molar-refractivity contribution >= 4 is 28.1 Å². The number of rotatable bonds is 6. The van der Waals surface area contributed by atoms with Gasteiger partial charge in [-0.05, 0) is 42.5 Å². The summed E-state index contributed by atoms with van der Waals surface area (Å²) in [6.07, 6.45) is 1.41. The molecule has 0 aliphatic rings. The van der Waals surface area contributed by atoms with Crippen molar-refractivity contribution < 1.29 is 9.32 Å². The fourth-order valence-corrected chi connectivity index (χ4v) is 4.04. The number of aryl methyl sites for hydroxylation is 2.